The van der Waals surface area contributed by atoms with Crippen LogP contribution in [-0.4, -0.2) is 45.3 Å². The lowest BCUT2D eigenvalue weighted by Crippen LogP contribution is -2.51. The van der Waals surface area contributed by atoms with Gasteiger partial charge in [-0.25, -0.2) is 8.78 Å². The molecule has 3 aliphatic rings. The van der Waals surface area contributed by atoms with Crippen molar-refractivity contribution in [2.45, 2.75) is 50.5 Å². The first kappa shape index (κ1) is 18.6. The van der Waals surface area contributed by atoms with E-state index in [0.717, 1.165) is 12.0 Å². The molecule has 1 aromatic heterocycles. The summed E-state index contributed by atoms with van der Waals surface area (Å²) in [6, 6.07) is 5.43. The number of rotatable bonds is 2. The molecule has 1 N–H and O–H groups in total. The van der Waals surface area contributed by atoms with Gasteiger partial charge in [-0.1, -0.05) is 19.9 Å². The Bertz CT molecular complexity index is 1000. The third-order valence-corrected chi connectivity index (χ3v) is 7.42. The second kappa shape index (κ2) is 6.05. The molecule has 0 radical (unpaired) electrons. The van der Waals surface area contributed by atoms with Crippen molar-refractivity contribution in [2.24, 2.45) is 5.41 Å². The summed E-state index contributed by atoms with van der Waals surface area (Å²) in [4.78, 5) is 15.4. The average molecular weight is 399 g/mol. The molecule has 7 heteroatoms. The van der Waals surface area contributed by atoms with Crippen molar-refractivity contribution >= 4 is 5.91 Å². The van der Waals surface area contributed by atoms with Crippen LogP contribution in [0.1, 0.15) is 50.3 Å². The molecule has 2 heterocycles. The fourth-order valence-corrected chi connectivity index (χ4v) is 5.86. The van der Waals surface area contributed by atoms with Gasteiger partial charge in [0.15, 0.2) is 0 Å². The highest BCUT2D eigenvalue weighted by atomic mass is 19.1. The van der Waals surface area contributed by atoms with Crippen molar-refractivity contribution in [3.8, 4) is 11.3 Å². The number of amides is 1. The molecule has 29 heavy (non-hydrogen) atoms. The maximum absolute atomic E-state index is 14.3. The summed E-state index contributed by atoms with van der Waals surface area (Å²) < 4.78 is 28.6. The highest BCUT2D eigenvalue weighted by molar-refractivity contribution is 5.92. The van der Waals surface area contributed by atoms with Crippen molar-refractivity contribution in [2.75, 3.05) is 13.1 Å². The number of carbonyl (C=O) groups excluding carboxylic acids is 1. The molecule has 3 atom stereocenters. The molecule has 2 fully saturated rings. The van der Waals surface area contributed by atoms with Crippen LogP contribution in [0, 0.1) is 17.0 Å². The summed E-state index contributed by atoms with van der Waals surface area (Å²) in [6.45, 7) is 5.01. The first-order chi connectivity index (χ1) is 13.8. The number of hydrogen-bond donors (Lipinski definition) is 1. The van der Waals surface area contributed by atoms with Crippen LogP contribution < -0.4 is 0 Å². The van der Waals surface area contributed by atoms with E-state index in [4.69, 9.17) is 0 Å². The number of hydrogen-bond acceptors (Lipinski definition) is 4. The Morgan fingerprint density at radius 1 is 1.21 bits per heavy atom. The molecule has 1 aliphatic heterocycles. The van der Waals surface area contributed by atoms with Gasteiger partial charge in [0.25, 0.3) is 0 Å². The molecule has 2 bridgehead atoms. The Labute approximate surface area is 167 Å². The fraction of sp³-hybridized carbons (Fsp3) is 0.500. The van der Waals surface area contributed by atoms with Crippen molar-refractivity contribution in [1.29, 1.82) is 0 Å². The summed E-state index contributed by atoms with van der Waals surface area (Å²) in [6.07, 6.45) is 1.57. The third kappa shape index (κ3) is 2.31. The molecule has 1 aromatic carbocycles. The number of carbonyl (C=O) groups is 1. The molecule has 152 valence electrons. The predicted molar refractivity (Wildman–Crippen MR) is 102 cm³/mol. The van der Waals surface area contributed by atoms with E-state index < -0.39 is 23.2 Å². The second-order valence-electron chi connectivity index (χ2n) is 9.04. The van der Waals surface area contributed by atoms with E-state index in [1.165, 1.54) is 18.2 Å². The maximum Gasteiger partial charge on any atom is 0.235 e. The fourth-order valence-electron chi connectivity index (χ4n) is 5.86. The molecule has 2 aliphatic carbocycles. The molecule has 0 spiro atoms. The maximum atomic E-state index is 14.3. The van der Waals surface area contributed by atoms with Crippen molar-refractivity contribution < 1.29 is 18.7 Å². The summed E-state index contributed by atoms with van der Waals surface area (Å²) in [7, 11) is 0. The Balaban J connectivity index is 1.64. The zero-order valence-corrected chi connectivity index (χ0v) is 16.5. The third-order valence-electron chi connectivity index (χ3n) is 7.42. The summed E-state index contributed by atoms with van der Waals surface area (Å²) in [5.74, 6) is -1.31. The van der Waals surface area contributed by atoms with Gasteiger partial charge in [-0.15, -0.1) is 5.10 Å². The minimum Gasteiger partial charge on any atom is -0.391 e. The average Bonchev–Trinajstić information content (AvgIpc) is 3.28. The monoisotopic (exact) mass is 399 g/mol. The SMILES string of the molecule is CC1(C)[C@@H]2CC[C@@]1(C(=O)N1CC[C@@H](O)C1)c1nnc(-c3c(F)cccc3F)cc12. The lowest BCUT2D eigenvalue weighted by atomic mass is 9.67. The lowest BCUT2D eigenvalue weighted by Gasteiger charge is -2.39. The summed E-state index contributed by atoms with van der Waals surface area (Å²) >= 11 is 0. The Morgan fingerprint density at radius 3 is 2.59 bits per heavy atom. The second-order valence-corrected chi connectivity index (χ2v) is 9.04. The van der Waals surface area contributed by atoms with Crippen molar-refractivity contribution in [3.63, 3.8) is 0 Å². The lowest BCUT2D eigenvalue weighted by molar-refractivity contribution is -0.140. The van der Waals surface area contributed by atoms with Gasteiger partial charge in [0.2, 0.25) is 5.91 Å². The molecular formula is C22H23F2N3O2. The van der Waals surface area contributed by atoms with E-state index in [2.05, 4.69) is 24.0 Å². The molecule has 0 unspecified atom stereocenters. The zero-order chi connectivity index (χ0) is 20.6. The van der Waals surface area contributed by atoms with E-state index in [9.17, 15) is 18.7 Å². The summed E-state index contributed by atoms with van der Waals surface area (Å²) in [5, 5.41) is 18.4. The van der Waals surface area contributed by atoms with Gasteiger partial charge < -0.3 is 10.0 Å². The molecule has 1 amide bonds. The van der Waals surface area contributed by atoms with Gasteiger partial charge in [-0.2, -0.15) is 5.10 Å². The normalized spacial score (nSPS) is 29.3. The minimum absolute atomic E-state index is 0.0144. The number of nitrogens with zero attached hydrogens (tertiary/aromatic N) is 3. The standard InChI is InChI=1S/C22H23F2N3O2/c1-21(2)14-6-8-22(21,20(29)27-9-7-12(28)11-27)19-13(14)10-17(25-26-19)18-15(23)4-3-5-16(18)24/h3-5,10,12,14,28H,6-9,11H2,1-2H3/t12-,14-,22+/m1/s1. The van der Waals surface area contributed by atoms with Crippen LogP contribution >= 0.6 is 0 Å². The van der Waals surface area contributed by atoms with Gasteiger partial charge in [-0.3, -0.25) is 4.79 Å². The number of β-amino-alcohol motifs (C(OH)–C–C–N with tert-alkyl or cyclic N) is 1. The van der Waals surface area contributed by atoms with Gasteiger partial charge in [0.05, 0.1) is 28.5 Å². The number of aliphatic hydroxyl groups is 1. The van der Waals surface area contributed by atoms with Gasteiger partial charge >= 0.3 is 0 Å². The molecule has 1 saturated carbocycles. The smallest absolute Gasteiger partial charge is 0.235 e. The van der Waals surface area contributed by atoms with Crippen LogP contribution in [0.15, 0.2) is 24.3 Å². The predicted octanol–water partition coefficient (Wildman–Crippen LogP) is 3.17. The van der Waals surface area contributed by atoms with E-state index >= 15 is 0 Å². The van der Waals surface area contributed by atoms with Gasteiger partial charge in [0.1, 0.15) is 11.6 Å². The van der Waals surface area contributed by atoms with E-state index in [-0.39, 0.29) is 28.5 Å². The molecule has 5 rings (SSSR count). The van der Waals surface area contributed by atoms with Crippen LogP contribution in [0.3, 0.4) is 0 Å². The summed E-state index contributed by atoms with van der Waals surface area (Å²) in [5.41, 5.74) is 0.262. The number of aromatic nitrogens is 2. The number of aliphatic hydroxyl groups excluding tert-OH is 1. The Hall–Kier alpha value is -2.41. The van der Waals surface area contributed by atoms with Crippen molar-refractivity contribution in [3.05, 3.63) is 47.2 Å². The molecule has 1 saturated heterocycles. The Kier molecular flexibility index (Phi) is 3.88. The quantitative estimate of drug-likeness (QED) is 0.843. The number of halogens is 2. The van der Waals surface area contributed by atoms with Crippen LogP contribution in [0.5, 0.6) is 0 Å². The van der Waals surface area contributed by atoms with E-state index in [1.54, 1.807) is 11.0 Å². The highest BCUT2D eigenvalue weighted by Gasteiger charge is 2.68. The molecule has 5 nitrogen and oxygen atoms in total. The molecular weight excluding hydrogens is 376 g/mol. The minimum atomic E-state index is -0.809. The first-order valence-electron chi connectivity index (χ1n) is 10.1. The van der Waals surface area contributed by atoms with E-state index in [1.807, 2.05) is 0 Å². The Morgan fingerprint density at radius 2 is 1.93 bits per heavy atom. The zero-order valence-electron chi connectivity index (χ0n) is 16.5. The topological polar surface area (TPSA) is 66.3 Å². The van der Waals surface area contributed by atoms with Crippen LogP contribution in [0.2, 0.25) is 0 Å². The van der Waals surface area contributed by atoms with Crippen LogP contribution in [0.25, 0.3) is 11.3 Å². The van der Waals surface area contributed by atoms with Crippen LogP contribution in [-0.2, 0) is 10.2 Å². The first-order valence-corrected chi connectivity index (χ1v) is 10.1. The number of fused-ring (bicyclic) bond motifs is 5. The largest absolute Gasteiger partial charge is 0.391 e. The number of likely N-dealkylation sites (tertiary alicyclic amines) is 1. The van der Waals surface area contributed by atoms with E-state index in [0.29, 0.717) is 31.6 Å². The van der Waals surface area contributed by atoms with Crippen LogP contribution in [0.4, 0.5) is 8.78 Å². The van der Waals surface area contributed by atoms with Gasteiger partial charge in [-0.05, 0) is 54.4 Å². The molecule has 2 aromatic rings. The highest BCUT2D eigenvalue weighted by Crippen LogP contribution is 2.68. The number of benzene rings is 1. The van der Waals surface area contributed by atoms with Gasteiger partial charge in [0, 0.05) is 13.1 Å². The van der Waals surface area contributed by atoms with Crippen molar-refractivity contribution in [1.82, 2.24) is 15.1 Å².